The van der Waals surface area contributed by atoms with Gasteiger partial charge in [0.25, 0.3) is 0 Å². The van der Waals surface area contributed by atoms with Gasteiger partial charge in [-0.1, -0.05) is 25.1 Å². The molecule has 0 bridgehead atoms. The summed E-state index contributed by atoms with van der Waals surface area (Å²) in [5, 5.41) is 3.36. The number of hydrogen-bond donors (Lipinski definition) is 1. The Morgan fingerprint density at radius 3 is 2.76 bits per heavy atom. The van der Waals surface area contributed by atoms with Crippen molar-refractivity contribution in [3.63, 3.8) is 0 Å². The summed E-state index contributed by atoms with van der Waals surface area (Å²) in [6, 6.07) is 10.3. The molecule has 17 heavy (non-hydrogen) atoms. The van der Waals surface area contributed by atoms with E-state index in [1.165, 1.54) is 11.1 Å². The van der Waals surface area contributed by atoms with Crippen LogP contribution in [-0.4, -0.2) is 4.98 Å². The molecule has 2 aromatic rings. The highest BCUT2D eigenvalue weighted by atomic mass is 79.9. The summed E-state index contributed by atoms with van der Waals surface area (Å²) in [5.74, 6) is 0.881. The fraction of sp³-hybridized carbons (Fsp3) is 0.214. The van der Waals surface area contributed by atoms with Crippen molar-refractivity contribution in [3.8, 4) is 0 Å². The average Bonchev–Trinajstić information content (AvgIpc) is 2.34. The lowest BCUT2D eigenvalue weighted by Gasteiger charge is -2.10. The molecule has 0 amide bonds. The largest absolute Gasteiger partial charge is 0.340 e. The molecule has 1 heterocycles. The molecule has 0 saturated carbocycles. The fourth-order valence-electron chi connectivity index (χ4n) is 1.70. The predicted molar refractivity (Wildman–Crippen MR) is 75.8 cm³/mol. The molecule has 0 aliphatic heterocycles. The van der Waals surface area contributed by atoms with Crippen LogP contribution in [-0.2, 0) is 6.42 Å². The summed E-state index contributed by atoms with van der Waals surface area (Å²) in [7, 11) is 0. The molecular formula is C14H15BrN2. The number of aromatic nitrogens is 1. The molecule has 2 rings (SSSR count). The average molecular weight is 291 g/mol. The zero-order chi connectivity index (χ0) is 12.3. The van der Waals surface area contributed by atoms with Crippen LogP contribution in [0.4, 0.5) is 11.5 Å². The quantitative estimate of drug-likeness (QED) is 0.903. The van der Waals surface area contributed by atoms with Crippen LogP contribution in [0.2, 0.25) is 0 Å². The minimum Gasteiger partial charge on any atom is -0.340 e. The van der Waals surface area contributed by atoms with Gasteiger partial charge in [-0.05, 0) is 52.5 Å². The van der Waals surface area contributed by atoms with Crippen molar-refractivity contribution >= 4 is 27.4 Å². The van der Waals surface area contributed by atoms with Gasteiger partial charge in [0.05, 0.1) is 0 Å². The summed E-state index contributed by atoms with van der Waals surface area (Å²) in [5.41, 5.74) is 3.61. The van der Waals surface area contributed by atoms with Gasteiger partial charge in [-0.25, -0.2) is 4.98 Å². The molecule has 0 aliphatic carbocycles. The molecule has 0 atom stereocenters. The van der Waals surface area contributed by atoms with E-state index in [0.29, 0.717) is 0 Å². The summed E-state index contributed by atoms with van der Waals surface area (Å²) >= 11 is 3.45. The van der Waals surface area contributed by atoms with E-state index in [2.05, 4.69) is 58.3 Å². The van der Waals surface area contributed by atoms with Crippen molar-refractivity contribution in [3.05, 3.63) is 52.1 Å². The third-order valence-electron chi connectivity index (χ3n) is 2.71. The Hall–Kier alpha value is -1.35. The highest BCUT2D eigenvalue weighted by molar-refractivity contribution is 9.10. The van der Waals surface area contributed by atoms with Gasteiger partial charge in [0.15, 0.2) is 0 Å². The van der Waals surface area contributed by atoms with Gasteiger partial charge in [0.1, 0.15) is 5.82 Å². The predicted octanol–water partition coefficient (Wildman–Crippen LogP) is 4.46. The van der Waals surface area contributed by atoms with Crippen molar-refractivity contribution in [2.75, 3.05) is 5.32 Å². The van der Waals surface area contributed by atoms with Crippen LogP contribution in [0.1, 0.15) is 18.1 Å². The second kappa shape index (κ2) is 5.32. The van der Waals surface area contributed by atoms with Gasteiger partial charge in [-0.3, -0.25) is 0 Å². The number of para-hydroxylation sites is 1. The van der Waals surface area contributed by atoms with E-state index < -0.39 is 0 Å². The Kier molecular flexibility index (Phi) is 3.79. The standard InChI is InChI=1S/C14H15BrN2/c1-3-11-6-4-5-7-13(11)17-14-8-10(2)12(15)9-16-14/h4-9H,3H2,1-2H3,(H,16,17). The Morgan fingerprint density at radius 2 is 2.06 bits per heavy atom. The second-order valence-electron chi connectivity index (χ2n) is 3.95. The topological polar surface area (TPSA) is 24.9 Å². The lowest BCUT2D eigenvalue weighted by molar-refractivity contribution is 1.14. The van der Waals surface area contributed by atoms with Crippen molar-refractivity contribution < 1.29 is 0 Å². The maximum atomic E-state index is 4.35. The van der Waals surface area contributed by atoms with Crippen LogP contribution in [0.5, 0.6) is 0 Å². The first-order valence-electron chi connectivity index (χ1n) is 5.67. The monoisotopic (exact) mass is 290 g/mol. The van der Waals surface area contributed by atoms with Crippen molar-refractivity contribution in [1.82, 2.24) is 4.98 Å². The molecule has 1 N–H and O–H groups in total. The van der Waals surface area contributed by atoms with Gasteiger partial charge >= 0.3 is 0 Å². The number of benzene rings is 1. The summed E-state index contributed by atoms with van der Waals surface area (Å²) < 4.78 is 1.03. The van der Waals surface area contributed by atoms with Crippen LogP contribution >= 0.6 is 15.9 Å². The third kappa shape index (κ3) is 2.86. The summed E-state index contributed by atoms with van der Waals surface area (Å²) in [6.07, 6.45) is 2.84. The lowest BCUT2D eigenvalue weighted by atomic mass is 10.1. The number of pyridine rings is 1. The molecule has 0 aliphatic rings. The van der Waals surface area contributed by atoms with E-state index in [1.807, 2.05) is 18.3 Å². The van der Waals surface area contributed by atoms with E-state index in [9.17, 15) is 0 Å². The van der Waals surface area contributed by atoms with Crippen LogP contribution < -0.4 is 5.32 Å². The zero-order valence-electron chi connectivity index (χ0n) is 10.00. The Labute approximate surface area is 110 Å². The van der Waals surface area contributed by atoms with E-state index in [4.69, 9.17) is 0 Å². The van der Waals surface area contributed by atoms with Gasteiger partial charge < -0.3 is 5.32 Å². The van der Waals surface area contributed by atoms with E-state index >= 15 is 0 Å². The summed E-state index contributed by atoms with van der Waals surface area (Å²) in [4.78, 5) is 4.35. The van der Waals surface area contributed by atoms with Crippen LogP contribution in [0.3, 0.4) is 0 Å². The molecular weight excluding hydrogens is 276 g/mol. The van der Waals surface area contributed by atoms with Crippen molar-refractivity contribution in [1.29, 1.82) is 0 Å². The molecule has 0 radical (unpaired) electrons. The molecule has 2 nitrogen and oxygen atoms in total. The smallest absolute Gasteiger partial charge is 0.130 e. The number of nitrogens with one attached hydrogen (secondary N) is 1. The third-order valence-corrected chi connectivity index (χ3v) is 3.54. The van der Waals surface area contributed by atoms with Gasteiger partial charge in [0, 0.05) is 16.4 Å². The molecule has 0 spiro atoms. The number of anilines is 2. The maximum Gasteiger partial charge on any atom is 0.130 e. The first-order valence-corrected chi connectivity index (χ1v) is 6.47. The van der Waals surface area contributed by atoms with E-state index in [-0.39, 0.29) is 0 Å². The van der Waals surface area contributed by atoms with Gasteiger partial charge in [-0.2, -0.15) is 0 Å². The van der Waals surface area contributed by atoms with Crippen LogP contribution in [0.15, 0.2) is 41.0 Å². The van der Waals surface area contributed by atoms with Crippen molar-refractivity contribution in [2.24, 2.45) is 0 Å². The first kappa shape index (κ1) is 12.1. The first-order chi connectivity index (χ1) is 8.20. The Morgan fingerprint density at radius 1 is 1.29 bits per heavy atom. The van der Waals surface area contributed by atoms with Crippen LogP contribution in [0, 0.1) is 6.92 Å². The number of halogens is 1. The normalized spacial score (nSPS) is 10.3. The second-order valence-corrected chi connectivity index (χ2v) is 4.81. The van der Waals surface area contributed by atoms with E-state index in [1.54, 1.807) is 0 Å². The molecule has 0 saturated heterocycles. The number of hydrogen-bond acceptors (Lipinski definition) is 2. The van der Waals surface area contributed by atoms with Gasteiger partial charge in [0.2, 0.25) is 0 Å². The zero-order valence-corrected chi connectivity index (χ0v) is 11.6. The maximum absolute atomic E-state index is 4.35. The highest BCUT2D eigenvalue weighted by Crippen LogP contribution is 2.22. The van der Waals surface area contributed by atoms with Crippen molar-refractivity contribution in [2.45, 2.75) is 20.3 Å². The summed E-state index contributed by atoms with van der Waals surface area (Å²) in [6.45, 7) is 4.21. The number of aryl methyl sites for hydroxylation is 2. The van der Waals surface area contributed by atoms with Crippen LogP contribution in [0.25, 0.3) is 0 Å². The fourth-order valence-corrected chi connectivity index (χ4v) is 1.91. The molecule has 0 fully saturated rings. The van der Waals surface area contributed by atoms with E-state index in [0.717, 1.165) is 22.4 Å². The highest BCUT2D eigenvalue weighted by Gasteiger charge is 2.02. The number of nitrogens with zero attached hydrogens (tertiary/aromatic N) is 1. The Balaban J connectivity index is 2.28. The lowest BCUT2D eigenvalue weighted by Crippen LogP contribution is -1.97. The molecule has 1 aromatic heterocycles. The van der Waals surface area contributed by atoms with Gasteiger partial charge in [-0.15, -0.1) is 0 Å². The molecule has 88 valence electrons. The minimum atomic E-state index is 0.881. The SMILES string of the molecule is CCc1ccccc1Nc1cc(C)c(Br)cn1. The molecule has 3 heteroatoms. The Bertz CT molecular complexity index is 523. The molecule has 1 aromatic carbocycles. The minimum absolute atomic E-state index is 0.881. The number of rotatable bonds is 3. The molecule has 0 unspecified atom stereocenters.